The van der Waals surface area contributed by atoms with Crippen LogP contribution in [-0.4, -0.2) is 15.3 Å². The first kappa shape index (κ1) is 17.0. The van der Waals surface area contributed by atoms with E-state index in [0.717, 1.165) is 4.68 Å². The summed E-state index contributed by atoms with van der Waals surface area (Å²) in [7, 11) is 0. The molecular formula is C14H24F3N3. The van der Waals surface area contributed by atoms with Crippen molar-refractivity contribution in [3.05, 3.63) is 17.5 Å². The lowest BCUT2D eigenvalue weighted by Gasteiger charge is -2.22. The zero-order valence-corrected chi connectivity index (χ0v) is 12.8. The quantitative estimate of drug-likeness (QED) is 0.883. The average molecular weight is 291 g/mol. The number of nitrogens with one attached hydrogen (secondary N) is 1. The Kier molecular flexibility index (Phi) is 5.24. The van der Waals surface area contributed by atoms with Crippen molar-refractivity contribution in [3.8, 4) is 0 Å². The summed E-state index contributed by atoms with van der Waals surface area (Å²) in [5.74, 6) is 0. The van der Waals surface area contributed by atoms with Crippen LogP contribution in [0.3, 0.4) is 0 Å². The van der Waals surface area contributed by atoms with E-state index in [1.54, 1.807) is 0 Å². The van der Waals surface area contributed by atoms with E-state index >= 15 is 0 Å². The highest BCUT2D eigenvalue weighted by Crippen LogP contribution is 2.35. The van der Waals surface area contributed by atoms with E-state index in [4.69, 9.17) is 0 Å². The van der Waals surface area contributed by atoms with Crippen LogP contribution in [0.15, 0.2) is 6.20 Å². The normalized spacial score (nSPS) is 13.2. The van der Waals surface area contributed by atoms with Gasteiger partial charge in [0.05, 0.1) is 12.2 Å². The summed E-state index contributed by atoms with van der Waals surface area (Å²) in [6.07, 6.45) is -1.78. The van der Waals surface area contributed by atoms with E-state index in [1.807, 2.05) is 34.6 Å². The van der Waals surface area contributed by atoms with Gasteiger partial charge in [0.15, 0.2) is 0 Å². The lowest BCUT2D eigenvalue weighted by atomic mass is 10.1. The van der Waals surface area contributed by atoms with E-state index in [-0.39, 0.29) is 23.7 Å². The maximum atomic E-state index is 13.3. The molecule has 1 heterocycles. The Morgan fingerprint density at radius 1 is 1.20 bits per heavy atom. The van der Waals surface area contributed by atoms with Crippen LogP contribution in [0.1, 0.15) is 64.8 Å². The van der Waals surface area contributed by atoms with E-state index in [2.05, 4.69) is 10.4 Å². The summed E-state index contributed by atoms with van der Waals surface area (Å²) in [5.41, 5.74) is -0.651. The molecule has 0 radical (unpaired) electrons. The largest absolute Gasteiger partial charge is 0.433 e. The van der Waals surface area contributed by atoms with Gasteiger partial charge in [0, 0.05) is 17.6 Å². The molecule has 1 aromatic heterocycles. The Hall–Kier alpha value is -1.04. The van der Waals surface area contributed by atoms with Gasteiger partial charge in [-0.2, -0.15) is 18.3 Å². The van der Waals surface area contributed by atoms with Gasteiger partial charge in [0.2, 0.25) is 0 Å². The molecule has 0 fully saturated rings. The molecule has 0 aliphatic heterocycles. The Balaban J connectivity index is 3.13. The van der Waals surface area contributed by atoms with Crippen LogP contribution >= 0.6 is 0 Å². The molecule has 1 rings (SSSR count). The van der Waals surface area contributed by atoms with Crippen molar-refractivity contribution in [2.45, 2.75) is 71.8 Å². The fraction of sp³-hybridized carbons (Fsp3) is 0.786. The van der Waals surface area contributed by atoms with Gasteiger partial charge in [-0.25, -0.2) is 0 Å². The maximum absolute atomic E-state index is 13.3. The molecule has 0 amide bonds. The third kappa shape index (κ3) is 4.23. The maximum Gasteiger partial charge on any atom is 0.433 e. The molecule has 0 bridgehead atoms. The van der Waals surface area contributed by atoms with E-state index < -0.39 is 11.9 Å². The third-order valence-corrected chi connectivity index (χ3v) is 3.24. The average Bonchev–Trinajstić information content (AvgIpc) is 2.71. The van der Waals surface area contributed by atoms with Crippen LogP contribution in [0.25, 0.3) is 0 Å². The zero-order valence-electron chi connectivity index (χ0n) is 12.8. The Morgan fingerprint density at radius 3 is 2.15 bits per heavy atom. The zero-order chi connectivity index (χ0) is 15.6. The second-order valence-electron chi connectivity index (χ2n) is 6.03. The first-order chi connectivity index (χ1) is 9.10. The van der Waals surface area contributed by atoms with Gasteiger partial charge in [-0.15, -0.1) is 0 Å². The van der Waals surface area contributed by atoms with Gasteiger partial charge in [0.1, 0.15) is 5.69 Å². The molecule has 0 unspecified atom stereocenters. The lowest BCUT2D eigenvalue weighted by Crippen LogP contribution is -2.35. The van der Waals surface area contributed by atoms with E-state index in [9.17, 15) is 13.2 Å². The van der Waals surface area contributed by atoms with Crippen molar-refractivity contribution in [1.82, 2.24) is 15.1 Å². The predicted molar refractivity (Wildman–Crippen MR) is 73.4 cm³/mol. The van der Waals surface area contributed by atoms with Gasteiger partial charge in [-0.1, -0.05) is 13.8 Å². The number of hydrogen-bond donors (Lipinski definition) is 1. The molecule has 1 N–H and O–H groups in total. The Labute approximate surface area is 118 Å². The molecule has 1 aromatic rings. The summed E-state index contributed by atoms with van der Waals surface area (Å²) in [6.45, 7) is 9.69. The lowest BCUT2D eigenvalue weighted by molar-refractivity contribution is -0.145. The summed E-state index contributed by atoms with van der Waals surface area (Å²) in [6, 6.07) is -0.213. The van der Waals surface area contributed by atoms with Crippen LogP contribution < -0.4 is 5.32 Å². The van der Waals surface area contributed by atoms with Crippen molar-refractivity contribution in [1.29, 1.82) is 0 Å². The molecule has 116 valence electrons. The topological polar surface area (TPSA) is 29.9 Å². The summed E-state index contributed by atoms with van der Waals surface area (Å²) in [4.78, 5) is 0. The summed E-state index contributed by atoms with van der Waals surface area (Å²) >= 11 is 0. The van der Waals surface area contributed by atoms with Gasteiger partial charge in [-0.3, -0.25) is 4.68 Å². The SMILES string of the molecule is CCC(CC)n1ncc(CNC(C)(C)C)c1C(F)(F)F. The molecule has 20 heavy (non-hydrogen) atoms. The third-order valence-electron chi connectivity index (χ3n) is 3.24. The highest BCUT2D eigenvalue weighted by Gasteiger charge is 2.39. The monoisotopic (exact) mass is 291 g/mol. The minimum absolute atomic E-state index is 0.165. The molecule has 6 heteroatoms. The number of rotatable bonds is 5. The molecular weight excluding hydrogens is 267 g/mol. The minimum atomic E-state index is -4.38. The van der Waals surface area contributed by atoms with Gasteiger partial charge in [0.25, 0.3) is 0 Å². The standard InChI is InChI=1S/C14H24F3N3/c1-6-11(7-2)20-12(14(15,16)17)10(9-19-20)8-18-13(3,4)5/h9,11,18H,6-8H2,1-5H3. The smallest absolute Gasteiger partial charge is 0.308 e. The van der Waals surface area contributed by atoms with Crippen molar-refractivity contribution in [2.75, 3.05) is 0 Å². The fourth-order valence-electron chi connectivity index (χ4n) is 2.11. The second-order valence-corrected chi connectivity index (χ2v) is 6.03. The highest BCUT2D eigenvalue weighted by atomic mass is 19.4. The summed E-state index contributed by atoms with van der Waals surface area (Å²) < 4.78 is 41.1. The van der Waals surface area contributed by atoms with Gasteiger partial charge in [-0.05, 0) is 33.6 Å². The van der Waals surface area contributed by atoms with Crippen molar-refractivity contribution < 1.29 is 13.2 Å². The number of halogens is 3. The molecule has 0 aromatic carbocycles. The first-order valence-electron chi connectivity index (χ1n) is 6.98. The fourth-order valence-corrected chi connectivity index (χ4v) is 2.11. The summed E-state index contributed by atoms with van der Waals surface area (Å²) in [5, 5.41) is 7.07. The van der Waals surface area contributed by atoms with Crippen molar-refractivity contribution in [2.24, 2.45) is 0 Å². The molecule has 0 saturated heterocycles. The minimum Gasteiger partial charge on any atom is -0.308 e. The predicted octanol–water partition coefficient (Wildman–Crippen LogP) is 4.15. The van der Waals surface area contributed by atoms with Crippen LogP contribution in [0.5, 0.6) is 0 Å². The van der Waals surface area contributed by atoms with Crippen molar-refractivity contribution in [3.63, 3.8) is 0 Å². The van der Waals surface area contributed by atoms with Gasteiger partial charge < -0.3 is 5.32 Å². The highest BCUT2D eigenvalue weighted by molar-refractivity contribution is 5.21. The van der Waals surface area contributed by atoms with E-state index in [0.29, 0.717) is 12.8 Å². The van der Waals surface area contributed by atoms with E-state index in [1.165, 1.54) is 6.20 Å². The van der Waals surface area contributed by atoms with Crippen LogP contribution in [-0.2, 0) is 12.7 Å². The number of aromatic nitrogens is 2. The van der Waals surface area contributed by atoms with Crippen molar-refractivity contribution >= 4 is 0 Å². The Bertz CT molecular complexity index is 426. The molecule has 0 aliphatic rings. The Morgan fingerprint density at radius 2 is 1.75 bits per heavy atom. The van der Waals surface area contributed by atoms with Crippen LogP contribution in [0, 0.1) is 0 Å². The number of nitrogens with zero attached hydrogens (tertiary/aromatic N) is 2. The molecule has 3 nitrogen and oxygen atoms in total. The first-order valence-corrected chi connectivity index (χ1v) is 6.98. The number of hydrogen-bond acceptors (Lipinski definition) is 2. The van der Waals surface area contributed by atoms with Crippen LogP contribution in [0.2, 0.25) is 0 Å². The molecule has 0 spiro atoms. The number of alkyl halides is 3. The second kappa shape index (κ2) is 6.16. The molecule has 0 saturated carbocycles. The van der Waals surface area contributed by atoms with Crippen LogP contribution in [0.4, 0.5) is 13.2 Å². The van der Waals surface area contributed by atoms with Gasteiger partial charge >= 0.3 is 6.18 Å². The molecule has 0 atom stereocenters. The molecule has 0 aliphatic carbocycles.